The van der Waals surface area contributed by atoms with Crippen LogP contribution >= 0.6 is 11.8 Å². The van der Waals surface area contributed by atoms with Gasteiger partial charge in [0.25, 0.3) is 0 Å². The first-order valence-corrected chi connectivity index (χ1v) is 8.82. The lowest BCUT2D eigenvalue weighted by molar-refractivity contribution is 1.38. The molecular weight excluding hydrogens is 296 g/mol. The fraction of sp³-hybridized carbons (Fsp3) is 0.0909. The molecule has 3 aromatic carbocycles. The van der Waals surface area contributed by atoms with Gasteiger partial charge in [0.05, 0.1) is 0 Å². The van der Waals surface area contributed by atoms with Gasteiger partial charge >= 0.3 is 0 Å². The Labute approximate surface area is 142 Å². The standard InChI is InChI=1S/C22H20S/c1-18-12-14-21(15-13-18)23-17-16-22(19-8-4-2-5-9-19)20-10-6-3-7-11-20/h2-16H,17H2,1H3. The monoisotopic (exact) mass is 316 g/mol. The van der Waals surface area contributed by atoms with Gasteiger partial charge in [0.2, 0.25) is 0 Å². The molecule has 1 heteroatoms. The van der Waals surface area contributed by atoms with E-state index in [1.165, 1.54) is 27.2 Å². The lowest BCUT2D eigenvalue weighted by atomic mass is 9.98. The molecule has 0 fully saturated rings. The van der Waals surface area contributed by atoms with Crippen molar-refractivity contribution in [2.45, 2.75) is 11.8 Å². The maximum absolute atomic E-state index is 2.33. The molecule has 0 bridgehead atoms. The summed E-state index contributed by atoms with van der Waals surface area (Å²) in [5.74, 6) is 0.960. The molecule has 0 spiro atoms. The van der Waals surface area contributed by atoms with Crippen LogP contribution in [-0.2, 0) is 0 Å². The second-order valence-electron chi connectivity index (χ2n) is 5.47. The van der Waals surface area contributed by atoms with Crippen LogP contribution in [0.15, 0.2) is 95.9 Å². The average Bonchev–Trinajstić information content (AvgIpc) is 2.62. The Kier molecular flexibility index (Phi) is 5.33. The third-order valence-electron chi connectivity index (χ3n) is 3.73. The molecule has 0 amide bonds. The molecule has 3 rings (SSSR count). The van der Waals surface area contributed by atoms with Crippen LogP contribution in [0.5, 0.6) is 0 Å². The number of rotatable bonds is 5. The zero-order valence-corrected chi connectivity index (χ0v) is 14.1. The SMILES string of the molecule is Cc1ccc(SCC=C(c2ccccc2)c2ccccc2)cc1. The van der Waals surface area contributed by atoms with Crippen molar-refractivity contribution in [3.63, 3.8) is 0 Å². The Morgan fingerprint density at radius 1 is 0.739 bits per heavy atom. The van der Waals surface area contributed by atoms with Gasteiger partial charge in [0.15, 0.2) is 0 Å². The van der Waals surface area contributed by atoms with Crippen LogP contribution in [-0.4, -0.2) is 5.75 Å². The summed E-state index contributed by atoms with van der Waals surface area (Å²) in [6, 6.07) is 29.9. The van der Waals surface area contributed by atoms with Gasteiger partial charge < -0.3 is 0 Å². The van der Waals surface area contributed by atoms with Gasteiger partial charge in [-0.3, -0.25) is 0 Å². The molecule has 0 saturated heterocycles. The van der Waals surface area contributed by atoms with E-state index in [0.717, 1.165) is 5.75 Å². The summed E-state index contributed by atoms with van der Waals surface area (Å²) in [4.78, 5) is 1.31. The highest BCUT2D eigenvalue weighted by Gasteiger charge is 2.04. The quantitative estimate of drug-likeness (QED) is 0.504. The van der Waals surface area contributed by atoms with Crippen molar-refractivity contribution in [2.75, 3.05) is 5.75 Å². The number of aryl methyl sites for hydroxylation is 1. The molecule has 0 N–H and O–H groups in total. The molecule has 0 nitrogen and oxygen atoms in total. The number of benzene rings is 3. The molecule has 0 radical (unpaired) electrons. The third-order valence-corrected chi connectivity index (χ3v) is 4.67. The van der Waals surface area contributed by atoms with E-state index < -0.39 is 0 Å². The summed E-state index contributed by atoms with van der Waals surface area (Å²) >= 11 is 1.87. The van der Waals surface area contributed by atoms with E-state index in [9.17, 15) is 0 Å². The Balaban J connectivity index is 1.82. The van der Waals surface area contributed by atoms with Crippen LogP contribution in [0.25, 0.3) is 5.57 Å². The smallest absolute Gasteiger partial charge is 0.0170 e. The molecule has 0 unspecified atom stereocenters. The van der Waals surface area contributed by atoms with Crippen molar-refractivity contribution >= 4 is 17.3 Å². The Morgan fingerprint density at radius 2 is 1.26 bits per heavy atom. The van der Waals surface area contributed by atoms with Gasteiger partial charge in [-0.25, -0.2) is 0 Å². The molecule has 0 aromatic heterocycles. The maximum atomic E-state index is 2.33. The van der Waals surface area contributed by atoms with E-state index in [4.69, 9.17) is 0 Å². The largest absolute Gasteiger partial charge is 0.122 e. The second kappa shape index (κ2) is 7.85. The van der Waals surface area contributed by atoms with Crippen LogP contribution in [0.4, 0.5) is 0 Å². The van der Waals surface area contributed by atoms with Crippen LogP contribution in [0, 0.1) is 6.92 Å². The molecule has 0 atom stereocenters. The van der Waals surface area contributed by atoms with Gasteiger partial charge in [0, 0.05) is 10.6 Å². The van der Waals surface area contributed by atoms with Crippen LogP contribution in [0.1, 0.15) is 16.7 Å². The minimum absolute atomic E-state index is 0.960. The molecule has 23 heavy (non-hydrogen) atoms. The fourth-order valence-electron chi connectivity index (χ4n) is 2.49. The van der Waals surface area contributed by atoms with Crippen LogP contribution in [0.3, 0.4) is 0 Å². The summed E-state index contributed by atoms with van der Waals surface area (Å²) in [7, 11) is 0. The Bertz CT molecular complexity index is 715. The van der Waals surface area contributed by atoms with Crippen molar-refractivity contribution in [2.24, 2.45) is 0 Å². The number of thioether (sulfide) groups is 1. The minimum Gasteiger partial charge on any atom is -0.122 e. The van der Waals surface area contributed by atoms with Crippen molar-refractivity contribution < 1.29 is 0 Å². The predicted molar refractivity (Wildman–Crippen MR) is 102 cm³/mol. The van der Waals surface area contributed by atoms with Gasteiger partial charge in [0.1, 0.15) is 0 Å². The maximum Gasteiger partial charge on any atom is 0.0170 e. The molecule has 0 aliphatic heterocycles. The van der Waals surface area contributed by atoms with E-state index in [2.05, 4.69) is 97.9 Å². The predicted octanol–water partition coefficient (Wildman–Crippen LogP) is 6.22. The van der Waals surface area contributed by atoms with E-state index >= 15 is 0 Å². The molecule has 0 aliphatic carbocycles. The third kappa shape index (κ3) is 4.37. The van der Waals surface area contributed by atoms with E-state index in [-0.39, 0.29) is 0 Å². The first-order chi connectivity index (χ1) is 11.3. The Morgan fingerprint density at radius 3 is 1.78 bits per heavy atom. The van der Waals surface area contributed by atoms with Crippen molar-refractivity contribution in [3.05, 3.63) is 108 Å². The zero-order valence-electron chi connectivity index (χ0n) is 13.3. The van der Waals surface area contributed by atoms with Crippen molar-refractivity contribution in [1.29, 1.82) is 0 Å². The topological polar surface area (TPSA) is 0 Å². The van der Waals surface area contributed by atoms with E-state index in [0.29, 0.717) is 0 Å². The molecular formula is C22H20S. The lowest BCUT2D eigenvalue weighted by Gasteiger charge is -2.09. The van der Waals surface area contributed by atoms with Gasteiger partial charge in [-0.05, 0) is 35.8 Å². The van der Waals surface area contributed by atoms with E-state index in [1.807, 2.05) is 11.8 Å². The fourth-order valence-corrected chi connectivity index (χ4v) is 3.26. The van der Waals surface area contributed by atoms with Gasteiger partial charge in [-0.1, -0.05) is 84.4 Å². The summed E-state index contributed by atoms with van der Waals surface area (Å²) in [5, 5.41) is 0. The summed E-state index contributed by atoms with van der Waals surface area (Å²) in [6.45, 7) is 2.12. The Hall–Kier alpha value is -2.25. The average molecular weight is 316 g/mol. The minimum atomic E-state index is 0.960. The molecule has 0 aliphatic rings. The highest BCUT2D eigenvalue weighted by Crippen LogP contribution is 2.25. The summed E-state index contributed by atoms with van der Waals surface area (Å²) < 4.78 is 0. The highest BCUT2D eigenvalue weighted by molar-refractivity contribution is 7.99. The van der Waals surface area contributed by atoms with E-state index in [1.54, 1.807) is 0 Å². The van der Waals surface area contributed by atoms with Gasteiger partial charge in [-0.2, -0.15) is 0 Å². The first-order valence-electron chi connectivity index (χ1n) is 7.83. The normalized spacial score (nSPS) is 10.3. The molecule has 114 valence electrons. The number of hydrogen-bond donors (Lipinski definition) is 0. The lowest BCUT2D eigenvalue weighted by Crippen LogP contribution is -1.89. The summed E-state index contributed by atoms with van der Waals surface area (Å²) in [5.41, 5.74) is 5.14. The summed E-state index contributed by atoms with van der Waals surface area (Å²) in [6.07, 6.45) is 2.33. The van der Waals surface area contributed by atoms with Gasteiger partial charge in [-0.15, -0.1) is 11.8 Å². The zero-order chi connectivity index (χ0) is 15.9. The van der Waals surface area contributed by atoms with Crippen LogP contribution < -0.4 is 0 Å². The highest BCUT2D eigenvalue weighted by atomic mass is 32.2. The van der Waals surface area contributed by atoms with Crippen molar-refractivity contribution in [1.82, 2.24) is 0 Å². The number of hydrogen-bond acceptors (Lipinski definition) is 1. The van der Waals surface area contributed by atoms with Crippen molar-refractivity contribution in [3.8, 4) is 0 Å². The molecule has 3 aromatic rings. The molecule has 0 saturated carbocycles. The van der Waals surface area contributed by atoms with Crippen LogP contribution in [0.2, 0.25) is 0 Å². The second-order valence-corrected chi connectivity index (χ2v) is 6.57. The first kappa shape index (κ1) is 15.6. The molecule has 0 heterocycles.